The zero-order chi connectivity index (χ0) is 39.4. The molecule has 3 N–H and O–H groups in total. The van der Waals surface area contributed by atoms with Crippen LogP contribution in [-0.4, -0.2) is 155 Å². The fourth-order valence-electron chi connectivity index (χ4n) is 5.08. The molecule has 1 aromatic carbocycles. The van der Waals surface area contributed by atoms with Crippen molar-refractivity contribution in [2.45, 2.75) is 19.5 Å². The molecule has 304 valence electrons. The number of aliphatic hydroxyl groups is 1. The van der Waals surface area contributed by atoms with Crippen LogP contribution in [0.4, 0.5) is 5.69 Å². The van der Waals surface area contributed by atoms with E-state index in [0.717, 1.165) is 29.4 Å². The highest BCUT2D eigenvalue weighted by atomic mass is 32.2. The van der Waals surface area contributed by atoms with Crippen molar-refractivity contribution in [2.75, 3.05) is 124 Å². The van der Waals surface area contributed by atoms with Crippen LogP contribution in [0.15, 0.2) is 60.7 Å². The standard InChI is InChI=1S/C39H57N5O10S/c1-48-38(46)36-8-3-6-33(41-36)30-43(14-18-45)15-21-51-23-24-52-22-17-44(31-34-7-4-9-37(42-34)39(47)49-2)16-20-50-19-5-28-55-29-27-53-25-26-54-35-12-10-32(40)11-13-35/h3-4,6-13,45H,5,14-31,40H2,1-2H3. The quantitative estimate of drug-likeness (QED) is 0.0552. The van der Waals surface area contributed by atoms with Crippen LogP contribution in [0.2, 0.25) is 0 Å². The molecule has 0 unspecified atom stereocenters. The van der Waals surface area contributed by atoms with Gasteiger partial charge in [-0.15, -0.1) is 0 Å². The number of methoxy groups -OCH3 is 2. The van der Waals surface area contributed by atoms with Crippen LogP contribution in [0, 0.1) is 0 Å². The summed E-state index contributed by atoms with van der Waals surface area (Å²) < 4.78 is 38.5. The summed E-state index contributed by atoms with van der Waals surface area (Å²) in [4.78, 5) is 36.9. The zero-order valence-electron chi connectivity index (χ0n) is 32.1. The molecule has 0 radical (unpaired) electrons. The van der Waals surface area contributed by atoms with Crippen LogP contribution in [-0.2, 0) is 41.5 Å². The minimum atomic E-state index is -0.492. The van der Waals surface area contributed by atoms with E-state index in [2.05, 4.69) is 14.9 Å². The van der Waals surface area contributed by atoms with Gasteiger partial charge in [0.2, 0.25) is 0 Å². The van der Waals surface area contributed by atoms with Gasteiger partial charge in [0.25, 0.3) is 0 Å². The average molecular weight is 788 g/mol. The van der Waals surface area contributed by atoms with Crippen LogP contribution in [0.25, 0.3) is 0 Å². The molecular formula is C39H57N5O10S. The number of aromatic nitrogens is 2. The van der Waals surface area contributed by atoms with Crippen LogP contribution in [0.1, 0.15) is 38.8 Å². The number of ether oxygens (including phenoxy) is 7. The second-order valence-corrected chi connectivity index (χ2v) is 13.3. The topological polar surface area (TPSA) is 177 Å². The predicted octanol–water partition coefficient (Wildman–Crippen LogP) is 3.20. The highest BCUT2D eigenvalue weighted by Gasteiger charge is 2.13. The van der Waals surface area contributed by atoms with E-state index in [-0.39, 0.29) is 18.0 Å². The SMILES string of the molecule is COC(=O)c1cccc(CN(CCO)CCOCCOCCN(CCOCCCSCCOCCOc2ccc(N)cc2)Cc2cccc(C(=O)OC)n2)n1. The van der Waals surface area contributed by atoms with Crippen molar-refractivity contribution < 1.29 is 47.9 Å². The van der Waals surface area contributed by atoms with E-state index >= 15 is 0 Å². The monoisotopic (exact) mass is 787 g/mol. The van der Waals surface area contributed by atoms with E-state index in [1.807, 2.05) is 53.1 Å². The molecule has 3 aromatic rings. The lowest BCUT2D eigenvalue weighted by Crippen LogP contribution is -2.32. The Labute approximate surface area is 328 Å². The Morgan fingerprint density at radius 1 is 0.636 bits per heavy atom. The summed E-state index contributed by atoms with van der Waals surface area (Å²) in [5.74, 6) is 1.71. The number of aliphatic hydroxyl groups excluding tert-OH is 1. The van der Waals surface area contributed by atoms with Gasteiger partial charge in [0.05, 0.1) is 78.5 Å². The summed E-state index contributed by atoms with van der Waals surface area (Å²) in [6.07, 6.45) is 0.938. The highest BCUT2D eigenvalue weighted by Crippen LogP contribution is 2.13. The fraction of sp³-hybridized carbons (Fsp3) is 0.538. The van der Waals surface area contributed by atoms with E-state index < -0.39 is 11.9 Å². The van der Waals surface area contributed by atoms with Crippen LogP contribution < -0.4 is 10.5 Å². The molecule has 0 aliphatic rings. The molecule has 3 rings (SSSR count). The number of nitrogens with zero attached hydrogens (tertiary/aromatic N) is 4. The average Bonchev–Trinajstić information content (AvgIpc) is 3.20. The lowest BCUT2D eigenvalue weighted by Gasteiger charge is -2.22. The van der Waals surface area contributed by atoms with Crippen molar-refractivity contribution in [3.05, 3.63) is 83.4 Å². The number of benzene rings is 1. The molecule has 0 saturated carbocycles. The van der Waals surface area contributed by atoms with Gasteiger partial charge in [-0.25, -0.2) is 19.6 Å². The smallest absolute Gasteiger partial charge is 0.356 e. The third kappa shape index (κ3) is 20.0. The van der Waals surface area contributed by atoms with Crippen molar-refractivity contribution >= 4 is 29.4 Å². The maximum Gasteiger partial charge on any atom is 0.356 e. The number of rotatable bonds is 31. The molecule has 2 heterocycles. The second-order valence-electron chi connectivity index (χ2n) is 12.1. The van der Waals surface area contributed by atoms with Crippen molar-refractivity contribution in [1.29, 1.82) is 0 Å². The minimum absolute atomic E-state index is 0.0103. The van der Waals surface area contributed by atoms with Gasteiger partial charge in [-0.05, 0) is 60.7 Å². The van der Waals surface area contributed by atoms with Crippen molar-refractivity contribution in [3.8, 4) is 5.75 Å². The lowest BCUT2D eigenvalue weighted by atomic mass is 10.3. The molecule has 0 spiro atoms. The Kier molecular flexibility index (Phi) is 23.6. The third-order valence-corrected chi connectivity index (χ3v) is 8.98. The molecule has 0 aliphatic carbocycles. The number of nitrogen functional groups attached to an aromatic ring is 1. The molecular weight excluding hydrogens is 731 g/mol. The molecule has 15 nitrogen and oxygen atoms in total. The summed E-state index contributed by atoms with van der Waals surface area (Å²) >= 11 is 1.83. The molecule has 55 heavy (non-hydrogen) atoms. The first kappa shape index (κ1) is 45.5. The van der Waals surface area contributed by atoms with Gasteiger partial charge in [0.1, 0.15) is 23.7 Å². The number of hydrogen-bond donors (Lipinski definition) is 2. The first-order chi connectivity index (χ1) is 26.9. The van der Waals surface area contributed by atoms with Gasteiger partial charge in [-0.3, -0.25) is 9.80 Å². The number of esters is 2. The van der Waals surface area contributed by atoms with E-state index in [1.165, 1.54) is 14.2 Å². The maximum absolute atomic E-state index is 12.0. The number of anilines is 1. The van der Waals surface area contributed by atoms with E-state index in [0.29, 0.717) is 110 Å². The highest BCUT2D eigenvalue weighted by molar-refractivity contribution is 7.99. The Morgan fingerprint density at radius 3 is 1.69 bits per heavy atom. The Hall–Kier alpha value is -3.87. The summed E-state index contributed by atoms with van der Waals surface area (Å²) in [6.45, 7) is 7.96. The molecule has 0 bridgehead atoms. The fourth-order valence-corrected chi connectivity index (χ4v) is 5.85. The Morgan fingerprint density at radius 2 is 1.15 bits per heavy atom. The number of thioether (sulfide) groups is 1. The van der Waals surface area contributed by atoms with Crippen molar-refractivity contribution in [3.63, 3.8) is 0 Å². The van der Waals surface area contributed by atoms with Gasteiger partial charge in [0.15, 0.2) is 0 Å². The van der Waals surface area contributed by atoms with Crippen molar-refractivity contribution in [1.82, 2.24) is 19.8 Å². The predicted molar refractivity (Wildman–Crippen MR) is 210 cm³/mol. The molecule has 0 fully saturated rings. The van der Waals surface area contributed by atoms with Gasteiger partial charge < -0.3 is 44.0 Å². The van der Waals surface area contributed by atoms with Gasteiger partial charge >= 0.3 is 11.9 Å². The number of pyridine rings is 2. The molecule has 16 heteroatoms. The summed E-state index contributed by atoms with van der Waals surface area (Å²) in [7, 11) is 2.66. The first-order valence-electron chi connectivity index (χ1n) is 18.4. The molecule has 0 amide bonds. The zero-order valence-corrected chi connectivity index (χ0v) is 32.9. The number of hydrogen-bond acceptors (Lipinski definition) is 16. The van der Waals surface area contributed by atoms with E-state index in [1.54, 1.807) is 24.3 Å². The molecule has 0 aliphatic heterocycles. The summed E-state index contributed by atoms with van der Waals surface area (Å²) in [6, 6.07) is 17.8. The summed E-state index contributed by atoms with van der Waals surface area (Å²) in [5, 5.41) is 9.52. The third-order valence-electron chi connectivity index (χ3n) is 7.94. The molecule has 0 saturated heterocycles. The van der Waals surface area contributed by atoms with E-state index in [4.69, 9.17) is 38.9 Å². The number of nitrogens with two attached hydrogens (primary N) is 1. The van der Waals surface area contributed by atoms with Gasteiger partial charge in [-0.1, -0.05) is 12.1 Å². The normalized spacial score (nSPS) is 11.3. The van der Waals surface area contributed by atoms with Crippen molar-refractivity contribution in [2.24, 2.45) is 0 Å². The van der Waals surface area contributed by atoms with Crippen LogP contribution >= 0.6 is 11.8 Å². The summed E-state index contributed by atoms with van der Waals surface area (Å²) in [5.41, 5.74) is 8.36. The van der Waals surface area contributed by atoms with Gasteiger partial charge in [0, 0.05) is 57.3 Å². The van der Waals surface area contributed by atoms with Crippen LogP contribution in [0.3, 0.4) is 0 Å². The minimum Gasteiger partial charge on any atom is -0.491 e. The number of carbonyl (C=O) groups excluding carboxylic acids is 2. The second kappa shape index (κ2) is 28.5. The largest absolute Gasteiger partial charge is 0.491 e. The number of carbonyl (C=O) groups is 2. The van der Waals surface area contributed by atoms with E-state index in [9.17, 15) is 14.7 Å². The first-order valence-corrected chi connectivity index (χ1v) is 19.6. The van der Waals surface area contributed by atoms with Gasteiger partial charge in [-0.2, -0.15) is 11.8 Å². The molecule has 0 atom stereocenters. The Balaban J connectivity index is 1.29. The lowest BCUT2D eigenvalue weighted by molar-refractivity contribution is 0.0244. The van der Waals surface area contributed by atoms with Crippen LogP contribution in [0.5, 0.6) is 5.75 Å². The Bertz CT molecular complexity index is 1490. The molecule has 2 aromatic heterocycles. The maximum atomic E-state index is 12.0.